The molecule has 1 aromatic heterocycles. The first-order valence-electron chi connectivity index (χ1n) is 9.96. The predicted octanol–water partition coefficient (Wildman–Crippen LogP) is 4.43. The summed E-state index contributed by atoms with van der Waals surface area (Å²) >= 11 is 1.40. The van der Waals surface area contributed by atoms with Gasteiger partial charge in [0.05, 0.1) is 24.8 Å². The van der Waals surface area contributed by atoms with Gasteiger partial charge in [0, 0.05) is 17.8 Å². The van der Waals surface area contributed by atoms with Gasteiger partial charge in [-0.2, -0.15) is 0 Å². The van der Waals surface area contributed by atoms with Crippen molar-refractivity contribution in [3.63, 3.8) is 0 Å². The van der Waals surface area contributed by atoms with Crippen LogP contribution in [0.2, 0.25) is 0 Å². The summed E-state index contributed by atoms with van der Waals surface area (Å²) in [6.07, 6.45) is 0.156. The van der Waals surface area contributed by atoms with Crippen molar-refractivity contribution in [3.8, 4) is 0 Å². The van der Waals surface area contributed by atoms with Crippen LogP contribution in [0.3, 0.4) is 0 Å². The van der Waals surface area contributed by atoms with Gasteiger partial charge in [-0.1, -0.05) is 72.0 Å². The summed E-state index contributed by atoms with van der Waals surface area (Å²) in [6, 6.07) is 19.8. The number of benzene rings is 2. The molecule has 0 fully saturated rings. The van der Waals surface area contributed by atoms with Crippen molar-refractivity contribution >= 4 is 28.5 Å². The molecular weight excluding hydrogens is 398 g/mol. The second kappa shape index (κ2) is 9.09. The third-order valence-corrected chi connectivity index (χ3v) is 6.04. The van der Waals surface area contributed by atoms with Crippen molar-refractivity contribution in [2.45, 2.75) is 25.8 Å². The van der Waals surface area contributed by atoms with Crippen molar-refractivity contribution in [3.05, 3.63) is 82.4 Å². The van der Waals surface area contributed by atoms with Gasteiger partial charge in [0.25, 0.3) is 0 Å². The summed E-state index contributed by atoms with van der Waals surface area (Å²) in [5, 5.41) is 3.17. The average Bonchev–Trinajstić information content (AvgIpc) is 3.17. The standard InChI is InChI=1S/C23H23N3O3S/c1-2-29-23(28)25-22-24-18-13-14-26(15-19(18)30-22)21(27)20(16-9-5-3-6-10-16)17-11-7-4-8-12-17/h3-12,20H,2,13-15H2,1H3,(H,24,25,28). The molecule has 1 aliphatic heterocycles. The Bertz CT molecular complexity index is 981. The lowest BCUT2D eigenvalue weighted by Gasteiger charge is -2.30. The Morgan fingerprint density at radius 2 is 1.73 bits per heavy atom. The molecule has 0 spiro atoms. The fourth-order valence-electron chi connectivity index (χ4n) is 3.64. The van der Waals surface area contributed by atoms with Crippen molar-refractivity contribution < 1.29 is 14.3 Å². The second-order valence-electron chi connectivity index (χ2n) is 7.00. The number of hydrogen-bond acceptors (Lipinski definition) is 5. The molecule has 0 aliphatic carbocycles. The van der Waals surface area contributed by atoms with E-state index in [0.717, 1.165) is 21.7 Å². The molecule has 154 valence electrons. The number of nitrogens with one attached hydrogen (secondary N) is 1. The summed E-state index contributed by atoms with van der Waals surface area (Å²) in [4.78, 5) is 32.7. The summed E-state index contributed by atoms with van der Waals surface area (Å²) < 4.78 is 4.92. The van der Waals surface area contributed by atoms with Crippen LogP contribution in [0.4, 0.5) is 9.93 Å². The highest BCUT2D eigenvalue weighted by molar-refractivity contribution is 7.15. The third kappa shape index (κ3) is 4.36. The highest BCUT2D eigenvalue weighted by Gasteiger charge is 2.31. The number of rotatable bonds is 5. The topological polar surface area (TPSA) is 71.5 Å². The van der Waals surface area contributed by atoms with Crippen LogP contribution in [-0.4, -0.2) is 35.0 Å². The highest BCUT2D eigenvalue weighted by Crippen LogP contribution is 2.32. The van der Waals surface area contributed by atoms with E-state index in [2.05, 4.69) is 10.3 Å². The van der Waals surface area contributed by atoms with Crippen LogP contribution in [0.15, 0.2) is 60.7 Å². The fourth-order valence-corrected chi connectivity index (χ4v) is 4.65. The largest absolute Gasteiger partial charge is 0.450 e. The van der Waals surface area contributed by atoms with Crippen LogP contribution in [0.5, 0.6) is 0 Å². The number of amides is 2. The van der Waals surface area contributed by atoms with Crippen LogP contribution < -0.4 is 5.32 Å². The van der Waals surface area contributed by atoms with Crippen LogP contribution >= 0.6 is 11.3 Å². The average molecular weight is 422 g/mol. The molecule has 2 aromatic carbocycles. The van der Waals surface area contributed by atoms with E-state index < -0.39 is 6.09 Å². The molecule has 0 saturated carbocycles. The van der Waals surface area contributed by atoms with E-state index in [1.165, 1.54) is 11.3 Å². The number of hydrogen-bond donors (Lipinski definition) is 1. The zero-order chi connectivity index (χ0) is 20.9. The predicted molar refractivity (Wildman–Crippen MR) is 117 cm³/mol. The van der Waals surface area contributed by atoms with E-state index in [4.69, 9.17) is 4.74 Å². The highest BCUT2D eigenvalue weighted by atomic mass is 32.1. The number of fused-ring (bicyclic) bond motifs is 1. The molecule has 30 heavy (non-hydrogen) atoms. The normalized spacial score (nSPS) is 13.1. The molecule has 2 heterocycles. The Kier molecular flexibility index (Phi) is 6.09. The van der Waals surface area contributed by atoms with Gasteiger partial charge >= 0.3 is 6.09 Å². The van der Waals surface area contributed by atoms with E-state index in [-0.39, 0.29) is 11.8 Å². The molecule has 0 unspecified atom stereocenters. The van der Waals surface area contributed by atoms with Gasteiger partial charge in [0.2, 0.25) is 5.91 Å². The van der Waals surface area contributed by atoms with Crippen molar-refractivity contribution in [1.29, 1.82) is 0 Å². The Hall–Kier alpha value is -3.19. The molecule has 1 aliphatic rings. The van der Waals surface area contributed by atoms with E-state index in [9.17, 15) is 9.59 Å². The van der Waals surface area contributed by atoms with Gasteiger partial charge in [0.15, 0.2) is 5.13 Å². The molecule has 0 saturated heterocycles. The summed E-state index contributed by atoms with van der Waals surface area (Å²) in [7, 11) is 0. The van der Waals surface area contributed by atoms with Crippen LogP contribution in [0.1, 0.15) is 34.5 Å². The fraction of sp³-hybridized carbons (Fsp3) is 0.261. The summed E-state index contributed by atoms with van der Waals surface area (Å²) in [5.74, 6) is -0.273. The molecular formula is C23H23N3O3S. The Labute approximate surface area is 179 Å². The van der Waals surface area contributed by atoms with Crippen molar-refractivity contribution in [1.82, 2.24) is 9.88 Å². The van der Waals surface area contributed by atoms with Gasteiger partial charge in [-0.15, -0.1) is 0 Å². The molecule has 0 bridgehead atoms. The SMILES string of the molecule is CCOC(=O)Nc1nc2c(s1)CN(C(=O)C(c1ccccc1)c1ccccc1)CC2. The van der Waals surface area contributed by atoms with E-state index in [0.29, 0.717) is 31.2 Å². The smallest absolute Gasteiger partial charge is 0.413 e. The molecule has 7 heteroatoms. The number of carbonyl (C=O) groups is 2. The Morgan fingerprint density at radius 3 is 2.33 bits per heavy atom. The lowest BCUT2D eigenvalue weighted by Crippen LogP contribution is -2.39. The minimum atomic E-state index is -0.509. The van der Waals surface area contributed by atoms with Crippen LogP contribution in [-0.2, 0) is 22.5 Å². The zero-order valence-electron chi connectivity index (χ0n) is 16.7. The maximum Gasteiger partial charge on any atom is 0.413 e. The van der Waals surface area contributed by atoms with Gasteiger partial charge in [-0.25, -0.2) is 9.78 Å². The first-order chi connectivity index (χ1) is 14.7. The minimum absolute atomic E-state index is 0.0753. The van der Waals surface area contributed by atoms with Crippen molar-refractivity contribution in [2.24, 2.45) is 0 Å². The van der Waals surface area contributed by atoms with Gasteiger partial charge in [0.1, 0.15) is 0 Å². The summed E-state index contributed by atoms with van der Waals surface area (Å²) in [6.45, 7) is 3.16. The molecule has 2 amide bonds. The zero-order valence-corrected chi connectivity index (χ0v) is 17.5. The molecule has 3 aromatic rings. The summed E-state index contributed by atoms with van der Waals surface area (Å²) in [5.41, 5.74) is 2.90. The lowest BCUT2D eigenvalue weighted by atomic mass is 9.89. The molecule has 4 rings (SSSR count). The van der Waals surface area contributed by atoms with Gasteiger partial charge < -0.3 is 9.64 Å². The Morgan fingerprint density at radius 1 is 1.10 bits per heavy atom. The van der Waals surface area contributed by atoms with Crippen LogP contribution in [0.25, 0.3) is 0 Å². The quantitative estimate of drug-likeness (QED) is 0.662. The van der Waals surface area contributed by atoms with E-state index in [1.807, 2.05) is 65.6 Å². The third-order valence-electron chi connectivity index (χ3n) is 5.04. The van der Waals surface area contributed by atoms with Crippen LogP contribution in [0, 0.1) is 0 Å². The monoisotopic (exact) mass is 421 g/mol. The number of aromatic nitrogens is 1. The molecule has 0 radical (unpaired) electrons. The minimum Gasteiger partial charge on any atom is -0.450 e. The van der Waals surface area contributed by atoms with Gasteiger partial charge in [-0.05, 0) is 18.1 Å². The number of anilines is 1. The van der Waals surface area contributed by atoms with E-state index >= 15 is 0 Å². The molecule has 1 N–H and O–H groups in total. The first-order valence-corrected chi connectivity index (χ1v) is 10.8. The number of carbonyl (C=O) groups excluding carboxylic acids is 2. The van der Waals surface area contributed by atoms with Gasteiger partial charge in [-0.3, -0.25) is 10.1 Å². The van der Waals surface area contributed by atoms with E-state index in [1.54, 1.807) is 6.92 Å². The maximum atomic E-state index is 13.6. The number of ether oxygens (including phenoxy) is 1. The second-order valence-corrected chi connectivity index (χ2v) is 8.08. The van der Waals surface area contributed by atoms with Crippen molar-refractivity contribution in [2.75, 3.05) is 18.5 Å². The number of thiazole rings is 1. The number of nitrogens with zero attached hydrogens (tertiary/aromatic N) is 2. The lowest BCUT2D eigenvalue weighted by molar-refractivity contribution is -0.132. The first kappa shape index (κ1) is 20.1. The molecule has 6 nitrogen and oxygen atoms in total. The maximum absolute atomic E-state index is 13.6. The molecule has 0 atom stereocenters. The Balaban J connectivity index is 1.56.